The average Bonchev–Trinajstić information content (AvgIpc) is 3.02. The Morgan fingerprint density at radius 3 is 2.47 bits per heavy atom. The highest BCUT2D eigenvalue weighted by Crippen LogP contribution is 2.75. The third kappa shape index (κ3) is 4.34. The van der Waals surface area contributed by atoms with Gasteiger partial charge in [0.05, 0.1) is 11.1 Å². The fourth-order valence-electron chi connectivity index (χ4n) is 12.3. The van der Waals surface area contributed by atoms with Crippen molar-refractivity contribution in [1.29, 1.82) is 0 Å². The molecule has 45 heavy (non-hydrogen) atoms. The molecule has 242 valence electrons. The van der Waals surface area contributed by atoms with Crippen molar-refractivity contribution in [3.05, 3.63) is 65.0 Å². The first kappa shape index (κ1) is 31.5. The molecule has 0 saturated heterocycles. The van der Waals surface area contributed by atoms with Gasteiger partial charge in [0.15, 0.2) is 5.16 Å². The van der Waals surface area contributed by atoms with Crippen LogP contribution in [0.2, 0.25) is 0 Å². The third-order valence-corrected chi connectivity index (χ3v) is 15.5. The second kappa shape index (κ2) is 10.7. The first-order valence-electron chi connectivity index (χ1n) is 17.6. The summed E-state index contributed by atoms with van der Waals surface area (Å²) < 4.78 is 6.24. The maximum absolute atomic E-state index is 14.3. The Bertz CT molecular complexity index is 1520. The summed E-state index contributed by atoms with van der Waals surface area (Å²) in [5, 5.41) is 0.896. The number of benzene rings is 1. The molecular weight excluding hydrogens is 573 g/mol. The second-order valence-corrected chi connectivity index (χ2v) is 17.8. The van der Waals surface area contributed by atoms with Gasteiger partial charge in [-0.15, -0.1) is 0 Å². The van der Waals surface area contributed by atoms with Crippen LogP contribution >= 0.6 is 11.8 Å². The minimum atomic E-state index is -0.408. The molecule has 0 N–H and O–H groups in total. The lowest BCUT2D eigenvalue weighted by Gasteiger charge is -2.70. The molecule has 3 saturated carbocycles. The average molecular weight is 627 g/mol. The van der Waals surface area contributed by atoms with Crippen LogP contribution in [0.1, 0.15) is 110 Å². The number of fused-ring (bicyclic) bond motifs is 8. The lowest BCUT2D eigenvalue weighted by Crippen LogP contribution is -2.65. The quantitative estimate of drug-likeness (QED) is 0.146. The molecule has 0 aliphatic heterocycles. The molecule has 0 radical (unpaired) electrons. The Morgan fingerprint density at radius 1 is 0.978 bits per heavy atom. The van der Waals surface area contributed by atoms with Crippen molar-refractivity contribution in [3.63, 3.8) is 0 Å². The van der Waals surface area contributed by atoms with Gasteiger partial charge in [0.1, 0.15) is 6.61 Å². The number of allylic oxidation sites excluding steroid dienone is 2. The molecule has 0 bridgehead atoms. The van der Waals surface area contributed by atoms with Crippen LogP contribution in [0.5, 0.6) is 0 Å². The number of esters is 1. The minimum absolute atomic E-state index is 0.0134. The number of hydrogen-bond donors (Lipinski definition) is 0. The van der Waals surface area contributed by atoms with Crippen molar-refractivity contribution in [2.24, 2.45) is 51.2 Å². The number of hydrogen-bond acceptors (Lipinski definition) is 5. The Labute approximate surface area is 276 Å². The monoisotopic (exact) mass is 626 g/mol. The van der Waals surface area contributed by atoms with E-state index in [1.165, 1.54) is 24.1 Å². The molecule has 2 aromatic rings. The topological polar surface area (TPSA) is 52.1 Å². The fraction of sp³-hybridized carbons (Fsp3) is 0.675. The summed E-state index contributed by atoms with van der Waals surface area (Å²) in [4.78, 5) is 24.2. The zero-order valence-corrected chi connectivity index (χ0v) is 29.7. The molecular formula is C40H54N2O2S. The first-order chi connectivity index (χ1) is 21.3. The molecule has 9 atom stereocenters. The molecule has 1 aromatic carbocycles. The van der Waals surface area contributed by atoms with Crippen molar-refractivity contribution < 1.29 is 9.53 Å². The molecule has 0 spiro atoms. The fourth-order valence-corrected chi connectivity index (χ4v) is 12.6. The number of nitrogens with zero attached hydrogens (tertiary/aromatic N) is 2. The SMILES string of the molecule is CSc1ncc2c(n1)C(C)(C)[C@@H]1CC[C@]3(C)[C@H](CC=C4[C@@H]5[C@@H](C)[C@H](C)CC[C@]5(C(=O)OCc5ccccc5)CC[C@]43C)[C@@]1(C)C2. The predicted octanol–water partition coefficient (Wildman–Crippen LogP) is 9.61. The van der Waals surface area contributed by atoms with Gasteiger partial charge in [-0.2, -0.15) is 0 Å². The lowest BCUT2D eigenvalue weighted by molar-refractivity contribution is -0.184. The normalized spacial score (nSPS) is 41.3. The molecule has 1 aromatic heterocycles. The number of carbonyl (C=O) groups is 1. The standard InChI is InChI=1S/C40H54N2O2S/c1-25-16-19-40(34(43)44-24-27-12-10-9-11-13-27)21-20-38(6)29(32(40)26(25)2)14-15-31-37(5)22-28-23-41-35(45-8)42-33(28)36(3,4)30(37)17-18-39(31,38)7/h9-14,23,25-26,30-32H,15-22,24H2,1-8H3/t25-,26+,30+,31-,32+,37+,38-,39-,40+/m1/s1. The number of aromatic nitrogens is 2. The Balaban J connectivity index is 1.27. The molecule has 5 heteroatoms. The number of rotatable bonds is 4. The van der Waals surface area contributed by atoms with E-state index in [0.717, 1.165) is 49.2 Å². The van der Waals surface area contributed by atoms with Crippen LogP contribution < -0.4 is 0 Å². The number of ether oxygens (including phenoxy) is 1. The van der Waals surface area contributed by atoms with Gasteiger partial charge in [-0.3, -0.25) is 4.79 Å². The van der Waals surface area contributed by atoms with Crippen LogP contribution in [-0.2, 0) is 28.0 Å². The number of thioether (sulfide) groups is 1. The van der Waals surface area contributed by atoms with Gasteiger partial charge in [0, 0.05) is 11.6 Å². The van der Waals surface area contributed by atoms with Gasteiger partial charge < -0.3 is 4.74 Å². The van der Waals surface area contributed by atoms with Gasteiger partial charge in [0.2, 0.25) is 0 Å². The molecule has 3 fully saturated rings. The van der Waals surface area contributed by atoms with Crippen LogP contribution in [-0.4, -0.2) is 22.2 Å². The Kier molecular flexibility index (Phi) is 7.47. The summed E-state index contributed by atoms with van der Waals surface area (Å²) in [7, 11) is 0. The van der Waals surface area contributed by atoms with Gasteiger partial charge in [-0.25, -0.2) is 9.97 Å². The van der Waals surface area contributed by atoms with Crippen molar-refractivity contribution in [2.45, 2.75) is 117 Å². The lowest BCUT2D eigenvalue weighted by atomic mass is 9.33. The summed E-state index contributed by atoms with van der Waals surface area (Å²) in [6.07, 6.45) is 15.6. The zero-order chi connectivity index (χ0) is 32.0. The van der Waals surface area contributed by atoms with E-state index < -0.39 is 5.41 Å². The van der Waals surface area contributed by atoms with E-state index in [0.29, 0.717) is 30.3 Å². The maximum Gasteiger partial charge on any atom is 0.313 e. The van der Waals surface area contributed by atoms with E-state index in [1.54, 1.807) is 17.3 Å². The van der Waals surface area contributed by atoms with E-state index in [9.17, 15) is 4.79 Å². The summed E-state index contributed by atoms with van der Waals surface area (Å²) >= 11 is 1.65. The van der Waals surface area contributed by atoms with Crippen molar-refractivity contribution >= 4 is 17.7 Å². The molecule has 0 unspecified atom stereocenters. The Morgan fingerprint density at radius 2 is 1.73 bits per heavy atom. The molecule has 7 rings (SSSR count). The summed E-state index contributed by atoms with van der Waals surface area (Å²) in [6.45, 7) is 18.0. The van der Waals surface area contributed by atoms with E-state index >= 15 is 0 Å². The molecule has 5 aliphatic carbocycles. The third-order valence-electron chi connectivity index (χ3n) is 15.0. The summed E-state index contributed by atoms with van der Waals surface area (Å²) in [5.41, 5.74) is 5.35. The zero-order valence-electron chi connectivity index (χ0n) is 28.9. The summed E-state index contributed by atoms with van der Waals surface area (Å²) in [5.74, 6) is 2.55. The van der Waals surface area contributed by atoms with Gasteiger partial charge >= 0.3 is 5.97 Å². The largest absolute Gasteiger partial charge is 0.460 e. The van der Waals surface area contributed by atoms with Crippen molar-refractivity contribution in [3.8, 4) is 0 Å². The van der Waals surface area contributed by atoms with E-state index in [4.69, 9.17) is 14.7 Å². The summed E-state index contributed by atoms with van der Waals surface area (Å²) in [6, 6.07) is 10.2. The van der Waals surface area contributed by atoms with E-state index in [1.807, 2.05) is 18.2 Å². The van der Waals surface area contributed by atoms with Crippen LogP contribution in [0.25, 0.3) is 0 Å². The van der Waals surface area contributed by atoms with Crippen LogP contribution in [0.3, 0.4) is 0 Å². The Hall–Kier alpha value is -2.14. The van der Waals surface area contributed by atoms with Crippen LogP contribution in [0.15, 0.2) is 53.3 Å². The molecule has 4 nitrogen and oxygen atoms in total. The van der Waals surface area contributed by atoms with E-state index in [2.05, 4.69) is 79.1 Å². The van der Waals surface area contributed by atoms with Crippen molar-refractivity contribution in [1.82, 2.24) is 9.97 Å². The molecule has 5 aliphatic rings. The van der Waals surface area contributed by atoms with Gasteiger partial charge in [-0.05, 0) is 115 Å². The van der Waals surface area contributed by atoms with Crippen molar-refractivity contribution in [2.75, 3.05) is 6.26 Å². The van der Waals surface area contributed by atoms with Gasteiger partial charge in [0.25, 0.3) is 0 Å². The van der Waals surface area contributed by atoms with Crippen LogP contribution in [0.4, 0.5) is 0 Å². The number of carbonyl (C=O) groups excluding carboxylic acids is 1. The maximum atomic E-state index is 14.3. The highest BCUT2D eigenvalue weighted by Gasteiger charge is 2.69. The van der Waals surface area contributed by atoms with E-state index in [-0.39, 0.29) is 33.5 Å². The highest BCUT2D eigenvalue weighted by atomic mass is 32.2. The second-order valence-electron chi connectivity index (χ2n) is 17.0. The van der Waals surface area contributed by atoms with Crippen LogP contribution in [0, 0.1) is 51.2 Å². The molecule has 1 heterocycles. The first-order valence-corrected chi connectivity index (χ1v) is 18.9. The highest BCUT2D eigenvalue weighted by molar-refractivity contribution is 7.98. The smallest absolute Gasteiger partial charge is 0.313 e. The molecule has 0 amide bonds. The minimum Gasteiger partial charge on any atom is -0.460 e. The predicted molar refractivity (Wildman–Crippen MR) is 183 cm³/mol. The van der Waals surface area contributed by atoms with Gasteiger partial charge in [-0.1, -0.05) is 102 Å².